The molecule has 5 heteroatoms. The van der Waals surface area contributed by atoms with Crippen LogP contribution < -0.4 is 11.3 Å². The van der Waals surface area contributed by atoms with Crippen molar-refractivity contribution in [1.29, 1.82) is 0 Å². The third-order valence-electron chi connectivity index (χ3n) is 3.27. The van der Waals surface area contributed by atoms with Gasteiger partial charge in [0.2, 0.25) is 0 Å². The first kappa shape index (κ1) is 14.1. The zero-order valence-electron chi connectivity index (χ0n) is 10.2. The normalized spacial score (nSPS) is 21.2. The van der Waals surface area contributed by atoms with Crippen molar-refractivity contribution in [3.63, 3.8) is 0 Å². The van der Waals surface area contributed by atoms with Crippen LogP contribution in [0.3, 0.4) is 0 Å². The van der Waals surface area contributed by atoms with Crippen molar-refractivity contribution in [1.82, 2.24) is 5.43 Å². The highest BCUT2D eigenvalue weighted by Gasteiger charge is 2.20. The quantitative estimate of drug-likeness (QED) is 0.647. The minimum atomic E-state index is 0.199. The lowest BCUT2D eigenvalue weighted by atomic mass is 10.00. The van der Waals surface area contributed by atoms with Crippen molar-refractivity contribution in [3.8, 4) is 0 Å². The van der Waals surface area contributed by atoms with E-state index in [9.17, 15) is 0 Å². The Hall–Kier alpha value is -0.320. The molecule has 1 aliphatic heterocycles. The van der Waals surface area contributed by atoms with Gasteiger partial charge >= 0.3 is 0 Å². The van der Waals surface area contributed by atoms with E-state index in [4.69, 9.17) is 33.8 Å². The van der Waals surface area contributed by atoms with Crippen LogP contribution in [0.2, 0.25) is 10.0 Å². The summed E-state index contributed by atoms with van der Waals surface area (Å²) in [4.78, 5) is 0. The van der Waals surface area contributed by atoms with Crippen molar-refractivity contribution in [2.24, 2.45) is 5.84 Å². The number of hydrogen-bond donors (Lipinski definition) is 2. The van der Waals surface area contributed by atoms with Crippen molar-refractivity contribution in [2.45, 2.75) is 37.8 Å². The Balaban J connectivity index is 1.94. The molecule has 0 saturated carbocycles. The summed E-state index contributed by atoms with van der Waals surface area (Å²) < 4.78 is 5.62. The Labute approximate surface area is 118 Å². The molecule has 3 N–H and O–H groups in total. The zero-order valence-corrected chi connectivity index (χ0v) is 11.7. The Bertz CT molecular complexity index is 395. The lowest BCUT2D eigenvalue weighted by Gasteiger charge is -2.19. The summed E-state index contributed by atoms with van der Waals surface area (Å²) in [6, 6.07) is 5.89. The van der Waals surface area contributed by atoms with Gasteiger partial charge in [-0.15, -0.1) is 0 Å². The predicted octanol–water partition coefficient (Wildman–Crippen LogP) is 2.94. The number of nitrogens with two attached hydrogens (primary N) is 1. The van der Waals surface area contributed by atoms with Gasteiger partial charge in [0.05, 0.1) is 16.1 Å². The van der Waals surface area contributed by atoms with Crippen molar-refractivity contribution in [3.05, 3.63) is 33.8 Å². The minimum Gasteiger partial charge on any atom is -0.378 e. The summed E-state index contributed by atoms with van der Waals surface area (Å²) in [6.07, 6.45) is 4.35. The molecule has 18 heavy (non-hydrogen) atoms. The van der Waals surface area contributed by atoms with E-state index in [2.05, 4.69) is 5.43 Å². The highest BCUT2D eigenvalue weighted by atomic mass is 35.5. The summed E-state index contributed by atoms with van der Waals surface area (Å²) in [7, 11) is 0. The van der Waals surface area contributed by atoms with E-state index in [-0.39, 0.29) is 6.04 Å². The fourth-order valence-corrected chi connectivity index (χ4v) is 2.63. The highest BCUT2D eigenvalue weighted by Crippen LogP contribution is 2.24. The Morgan fingerprint density at radius 3 is 2.83 bits per heavy atom. The van der Waals surface area contributed by atoms with Crippen LogP contribution in [0.25, 0.3) is 0 Å². The van der Waals surface area contributed by atoms with Crippen LogP contribution >= 0.6 is 23.2 Å². The smallest absolute Gasteiger partial charge is 0.0595 e. The second-order valence-corrected chi connectivity index (χ2v) is 5.50. The number of ether oxygens (including phenoxy) is 1. The van der Waals surface area contributed by atoms with Gasteiger partial charge in [-0.3, -0.25) is 11.3 Å². The summed E-state index contributed by atoms with van der Waals surface area (Å²) in [5, 5.41) is 1.17. The molecule has 0 amide bonds. The first-order valence-corrected chi connectivity index (χ1v) is 6.96. The largest absolute Gasteiger partial charge is 0.378 e. The number of benzene rings is 1. The lowest BCUT2D eigenvalue weighted by Crippen LogP contribution is -2.39. The van der Waals surface area contributed by atoms with Gasteiger partial charge in [-0.05, 0) is 43.4 Å². The van der Waals surface area contributed by atoms with E-state index in [0.717, 1.165) is 37.9 Å². The molecular weight excluding hydrogens is 271 g/mol. The van der Waals surface area contributed by atoms with Crippen molar-refractivity contribution < 1.29 is 4.74 Å². The molecule has 0 bridgehead atoms. The fourth-order valence-electron chi connectivity index (χ4n) is 2.31. The van der Waals surface area contributed by atoms with E-state index in [0.29, 0.717) is 16.1 Å². The molecule has 1 aliphatic rings. The average Bonchev–Trinajstić information content (AvgIpc) is 2.86. The number of hydrazine groups is 1. The van der Waals surface area contributed by atoms with E-state index < -0.39 is 0 Å². The van der Waals surface area contributed by atoms with Gasteiger partial charge in [-0.25, -0.2) is 0 Å². The van der Waals surface area contributed by atoms with Crippen LogP contribution in [0.1, 0.15) is 24.8 Å². The molecule has 1 aromatic carbocycles. The maximum atomic E-state index is 6.00. The standard InChI is InChI=1S/C13H18Cl2N2O/c14-12-4-3-9(7-13(12)15)6-10(17-16)8-11-2-1-5-18-11/h3-4,7,10-11,17H,1-2,5-6,8,16H2. The molecule has 2 unspecified atom stereocenters. The van der Waals surface area contributed by atoms with Crippen molar-refractivity contribution in [2.75, 3.05) is 6.61 Å². The molecule has 2 atom stereocenters. The molecule has 3 nitrogen and oxygen atoms in total. The minimum absolute atomic E-state index is 0.199. The molecule has 1 heterocycles. The van der Waals surface area contributed by atoms with Gasteiger partial charge in [0.25, 0.3) is 0 Å². The van der Waals surface area contributed by atoms with Gasteiger partial charge in [0.15, 0.2) is 0 Å². The molecule has 2 rings (SSSR count). The second kappa shape index (κ2) is 6.73. The topological polar surface area (TPSA) is 47.3 Å². The molecule has 0 aliphatic carbocycles. The summed E-state index contributed by atoms with van der Waals surface area (Å²) >= 11 is 11.9. The maximum Gasteiger partial charge on any atom is 0.0595 e. The summed E-state index contributed by atoms with van der Waals surface area (Å²) in [6.45, 7) is 0.870. The Morgan fingerprint density at radius 2 is 2.22 bits per heavy atom. The molecule has 1 saturated heterocycles. The Kier molecular flexibility index (Phi) is 5.27. The molecule has 1 aromatic rings. The van der Waals surface area contributed by atoms with Crippen LogP contribution in [-0.2, 0) is 11.2 Å². The number of nitrogens with one attached hydrogen (secondary N) is 1. The molecule has 100 valence electrons. The Morgan fingerprint density at radius 1 is 1.39 bits per heavy atom. The first-order valence-electron chi connectivity index (χ1n) is 6.20. The third kappa shape index (κ3) is 3.84. The summed E-state index contributed by atoms with van der Waals surface area (Å²) in [5.74, 6) is 5.60. The lowest BCUT2D eigenvalue weighted by molar-refractivity contribution is 0.0946. The predicted molar refractivity (Wildman–Crippen MR) is 74.9 cm³/mol. The molecule has 0 radical (unpaired) electrons. The van der Waals surface area contributed by atoms with Gasteiger partial charge in [-0.1, -0.05) is 29.3 Å². The van der Waals surface area contributed by atoms with Gasteiger partial charge < -0.3 is 4.74 Å². The second-order valence-electron chi connectivity index (χ2n) is 4.69. The van der Waals surface area contributed by atoms with E-state index in [1.807, 2.05) is 18.2 Å². The molecule has 1 fully saturated rings. The monoisotopic (exact) mass is 288 g/mol. The van der Waals surface area contributed by atoms with Crippen LogP contribution in [0.5, 0.6) is 0 Å². The number of halogens is 2. The van der Waals surface area contributed by atoms with Crippen LogP contribution in [0.4, 0.5) is 0 Å². The number of rotatable bonds is 5. The van der Waals surface area contributed by atoms with Crippen LogP contribution in [0, 0.1) is 0 Å². The summed E-state index contributed by atoms with van der Waals surface area (Å²) in [5.41, 5.74) is 3.99. The van der Waals surface area contributed by atoms with Gasteiger partial charge in [-0.2, -0.15) is 0 Å². The number of hydrogen-bond acceptors (Lipinski definition) is 3. The zero-order chi connectivity index (χ0) is 13.0. The van der Waals surface area contributed by atoms with Crippen LogP contribution in [0.15, 0.2) is 18.2 Å². The van der Waals surface area contributed by atoms with E-state index in [1.54, 1.807) is 0 Å². The van der Waals surface area contributed by atoms with Crippen LogP contribution in [-0.4, -0.2) is 18.8 Å². The average molecular weight is 289 g/mol. The van der Waals surface area contributed by atoms with Gasteiger partial charge in [0.1, 0.15) is 0 Å². The highest BCUT2D eigenvalue weighted by molar-refractivity contribution is 6.42. The van der Waals surface area contributed by atoms with E-state index >= 15 is 0 Å². The van der Waals surface area contributed by atoms with Gasteiger partial charge in [0, 0.05) is 12.6 Å². The molecule has 0 spiro atoms. The fraction of sp³-hybridized carbons (Fsp3) is 0.538. The molecule has 0 aromatic heterocycles. The first-order chi connectivity index (χ1) is 8.69. The molecular formula is C13H18Cl2N2O. The SMILES string of the molecule is NNC(Cc1ccc(Cl)c(Cl)c1)CC1CCCO1. The van der Waals surface area contributed by atoms with E-state index in [1.165, 1.54) is 0 Å². The maximum absolute atomic E-state index is 6.00. The third-order valence-corrected chi connectivity index (χ3v) is 4.01. The van der Waals surface area contributed by atoms with Crippen molar-refractivity contribution >= 4 is 23.2 Å².